The smallest absolute Gasteiger partial charge is 0.297 e. The van der Waals surface area contributed by atoms with Crippen LogP contribution in [-0.4, -0.2) is 14.7 Å². The highest BCUT2D eigenvalue weighted by Gasteiger charge is 2.19. The normalized spacial score (nSPS) is 11.5. The lowest BCUT2D eigenvalue weighted by Crippen LogP contribution is -2.07. The van der Waals surface area contributed by atoms with Gasteiger partial charge in [0.2, 0.25) is 0 Å². The molecule has 0 amide bonds. The molecule has 0 aliphatic carbocycles. The second-order valence-corrected chi connectivity index (χ2v) is 6.60. The first kappa shape index (κ1) is 15.4. The quantitative estimate of drug-likeness (QED) is 0.531. The maximum absolute atomic E-state index is 12.5. The van der Waals surface area contributed by atoms with Crippen LogP contribution in [0.2, 0.25) is 0 Å². The summed E-state index contributed by atoms with van der Waals surface area (Å²) in [6, 6.07) is 18.9. The third-order valence-corrected chi connectivity index (χ3v) is 4.86. The Morgan fingerprint density at radius 2 is 1.48 bits per heavy atom. The number of benzene rings is 3. The van der Waals surface area contributed by atoms with E-state index < -0.39 is 10.1 Å². The Kier molecular flexibility index (Phi) is 4.23. The molecule has 0 saturated heterocycles. The Morgan fingerprint density at radius 1 is 0.826 bits per heavy atom. The zero-order valence-electron chi connectivity index (χ0n) is 12.2. The molecule has 0 radical (unpaired) electrons. The molecule has 5 heteroatoms. The average Bonchev–Trinajstić information content (AvgIpc) is 2.60. The van der Waals surface area contributed by atoms with Crippen molar-refractivity contribution >= 4 is 27.2 Å². The SMILES string of the molecule is O=Cc1ccc(S(=O)(=O)OCc2ccccc2)c2ccccc12. The summed E-state index contributed by atoms with van der Waals surface area (Å²) in [5, 5.41) is 1.07. The van der Waals surface area contributed by atoms with E-state index in [4.69, 9.17) is 4.18 Å². The van der Waals surface area contributed by atoms with Crippen LogP contribution in [0.4, 0.5) is 0 Å². The molecule has 0 fully saturated rings. The fraction of sp³-hybridized carbons (Fsp3) is 0.0556. The molecule has 0 aromatic heterocycles. The van der Waals surface area contributed by atoms with E-state index in [-0.39, 0.29) is 11.5 Å². The van der Waals surface area contributed by atoms with Gasteiger partial charge in [0.25, 0.3) is 10.1 Å². The van der Waals surface area contributed by atoms with Crippen molar-refractivity contribution in [2.24, 2.45) is 0 Å². The number of fused-ring (bicyclic) bond motifs is 1. The summed E-state index contributed by atoms with van der Waals surface area (Å²) in [6.07, 6.45) is 0.712. The van der Waals surface area contributed by atoms with Gasteiger partial charge in [0, 0.05) is 10.9 Å². The molecule has 0 heterocycles. The van der Waals surface area contributed by atoms with Crippen molar-refractivity contribution in [3.05, 3.63) is 77.9 Å². The highest BCUT2D eigenvalue weighted by molar-refractivity contribution is 7.87. The predicted molar refractivity (Wildman–Crippen MR) is 87.8 cm³/mol. The standard InChI is InChI=1S/C18H14O4S/c19-12-15-10-11-18(17-9-5-4-8-16(15)17)23(20,21)22-13-14-6-2-1-3-7-14/h1-12H,13H2. The molecular weight excluding hydrogens is 312 g/mol. The minimum atomic E-state index is -3.93. The van der Waals surface area contributed by atoms with Gasteiger partial charge in [-0.3, -0.25) is 8.98 Å². The fourth-order valence-corrected chi connectivity index (χ4v) is 3.50. The van der Waals surface area contributed by atoms with Crippen molar-refractivity contribution in [1.29, 1.82) is 0 Å². The highest BCUT2D eigenvalue weighted by atomic mass is 32.2. The molecular formula is C18H14O4S. The first-order valence-corrected chi connectivity index (χ1v) is 8.43. The van der Waals surface area contributed by atoms with Crippen LogP contribution in [0.25, 0.3) is 10.8 Å². The molecule has 116 valence electrons. The monoisotopic (exact) mass is 326 g/mol. The molecule has 4 nitrogen and oxygen atoms in total. The zero-order chi connectivity index (χ0) is 16.3. The van der Waals surface area contributed by atoms with Crippen molar-refractivity contribution in [1.82, 2.24) is 0 Å². The van der Waals surface area contributed by atoms with Gasteiger partial charge >= 0.3 is 0 Å². The molecule has 3 aromatic rings. The number of carbonyl (C=O) groups excluding carboxylic acids is 1. The summed E-state index contributed by atoms with van der Waals surface area (Å²) in [5.74, 6) is 0. The molecule has 0 unspecified atom stereocenters. The first-order valence-electron chi connectivity index (χ1n) is 7.02. The van der Waals surface area contributed by atoms with Crippen LogP contribution >= 0.6 is 0 Å². The average molecular weight is 326 g/mol. The summed E-state index contributed by atoms with van der Waals surface area (Å²) in [6.45, 7) is -0.0348. The number of hydrogen-bond acceptors (Lipinski definition) is 4. The van der Waals surface area contributed by atoms with Gasteiger partial charge in [-0.1, -0.05) is 54.6 Å². The van der Waals surface area contributed by atoms with Crippen molar-refractivity contribution in [3.8, 4) is 0 Å². The van der Waals surface area contributed by atoms with Crippen molar-refractivity contribution in [2.45, 2.75) is 11.5 Å². The van der Waals surface area contributed by atoms with Crippen LogP contribution in [0.5, 0.6) is 0 Å². The Labute approximate surface area is 134 Å². The third kappa shape index (κ3) is 3.16. The van der Waals surface area contributed by atoms with E-state index in [1.807, 2.05) is 18.2 Å². The van der Waals surface area contributed by atoms with Gasteiger partial charge < -0.3 is 0 Å². The Bertz CT molecular complexity index is 947. The van der Waals surface area contributed by atoms with E-state index in [1.165, 1.54) is 12.1 Å². The molecule has 23 heavy (non-hydrogen) atoms. The molecule has 0 aliphatic rings. The van der Waals surface area contributed by atoms with Gasteiger partial charge in [0.1, 0.15) is 4.90 Å². The van der Waals surface area contributed by atoms with E-state index >= 15 is 0 Å². The number of hydrogen-bond donors (Lipinski definition) is 0. The Morgan fingerprint density at radius 3 is 2.17 bits per heavy atom. The van der Waals surface area contributed by atoms with Crippen molar-refractivity contribution in [3.63, 3.8) is 0 Å². The van der Waals surface area contributed by atoms with E-state index in [0.29, 0.717) is 22.6 Å². The van der Waals surface area contributed by atoms with Gasteiger partial charge in [0.05, 0.1) is 6.61 Å². The minimum absolute atomic E-state index is 0.0348. The van der Waals surface area contributed by atoms with Crippen LogP contribution in [-0.2, 0) is 20.9 Å². The maximum atomic E-state index is 12.5. The topological polar surface area (TPSA) is 60.4 Å². The second-order valence-electron chi connectivity index (χ2n) is 5.02. The molecule has 0 atom stereocenters. The van der Waals surface area contributed by atoms with Gasteiger partial charge in [0.15, 0.2) is 6.29 Å². The summed E-state index contributed by atoms with van der Waals surface area (Å²) in [5.41, 5.74) is 1.22. The first-order chi connectivity index (χ1) is 11.1. The lowest BCUT2D eigenvalue weighted by molar-refractivity contribution is 0.112. The van der Waals surface area contributed by atoms with Crippen LogP contribution < -0.4 is 0 Å². The predicted octanol–water partition coefficient (Wildman–Crippen LogP) is 3.56. The number of aldehydes is 1. The molecule has 0 N–H and O–H groups in total. The Hall–Kier alpha value is -2.50. The number of rotatable bonds is 5. The molecule has 0 spiro atoms. The van der Waals surface area contributed by atoms with E-state index in [2.05, 4.69) is 0 Å². The Balaban J connectivity index is 2.00. The molecule has 0 aliphatic heterocycles. The van der Waals surface area contributed by atoms with E-state index in [0.717, 1.165) is 5.56 Å². The van der Waals surface area contributed by atoms with Crippen LogP contribution in [0.3, 0.4) is 0 Å². The van der Waals surface area contributed by atoms with E-state index in [1.54, 1.807) is 36.4 Å². The van der Waals surface area contributed by atoms with Gasteiger partial charge in [-0.15, -0.1) is 0 Å². The van der Waals surface area contributed by atoms with Crippen molar-refractivity contribution in [2.75, 3.05) is 0 Å². The van der Waals surface area contributed by atoms with Gasteiger partial charge in [-0.25, -0.2) is 0 Å². The fourth-order valence-electron chi connectivity index (χ4n) is 2.40. The van der Waals surface area contributed by atoms with Crippen LogP contribution in [0.15, 0.2) is 71.6 Å². The van der Waals surface area contributed by atoms with Gasteiger partial charge in [-0.05, 0) is 23.1 Å². The van der Waals surface area contributed by atoms with Gasteiger partial charge in [-0.2, -0.15) is 8.42 Å². The summed E-state index contributed by atoms with van der Waals surface area (Å²) < 4.78 is 30.2. The minimum Gasteiger partial charge on any atom is -0.298 e. The van der Waals surface area contributed by atoms with Crippen LogP contribution in [0.1, 0.15) is 15.9 Å². The lowest BCUT2D eigenvalue weighted by atomic mass is 10.1. The zero-order valence-corrected chi connectivity index (χ0v) is 13.0. The summed E-state index contributed by atoms with van der Waals surface area (Å²) >= 11 is 0. The van der Waals surface area contributed by atoms with Crippen LogP contribution in [0, 0.1) is 0 Å². The summed E-state index contributed by atoms with van der Waals surface area (Å²) in [7, 11) is -3.93. The largest absolute Gasteiger partial charge is 0.298 e. The lowest BCUT2D eigenvalue weighted by Gasteiger charge is -2.10. The number of carbonyl (C=O) groups is 1. The highest BCUT2D eigenvalue weighted by Crippen LogP contribution is 2.27. The summed E-state index contributed by atoms with van der Waals surface area (Å²) in [4.78, 5) is 11.2. The van der Waals surface area contributed by atoms with Crippen molar-refractivity contribution < 1.29 is 17.4 Å². The molecule has 3 rings (SSSR count). The molecule has 0 saturated carbocycles. The molecule has 3 aromatic carbocycles. The maximum Gasteiger partial charge on any atom is 0.297 e. The van der Waals surface area contributed by atoms with E-state index in [9.17, 15) is 13.2 Å². The second kappa shape index (κ2) is 6.32. The molecule has 0 bridgehead atoms. The third-order valence-electron chi connectivity index (χ3n) is 3.54.